The summed E-state index contributed by atoms with van der Waals surface area (Å²) in [5.74, 6) is 0.0544. The summed E-state index contributed by atoms with van der Waals surface area (Å²) in [7, 11) is 3.54. The minimum atomic E-state index is -0.235. The van der Waals surface area contributed by atoms with Gasteiger partial charge >= 0.3 is 0 Å². The molecule has 0 saturated heterocycles. The zero-order valence-corrected chi connectivity index (χ0v) is 17.1. The van der Waals surface area contributed by atoms with Crippen molar-refractivity contribution in [2.75, 3.05) is 14.1 Å². The van der Waals surface area contributed by atoms with Gasteiger partial charge in [0.2, 0.25) is 12.1 Å². The van der Waals surface area contributed by atoms with Crippen molar-refractivity contribution in [3.05, 3.63) is 70.8 Å². The third-order valence-electron chi connectivity index (χ3n) is 6.18. The van der Waals surface area contributed by atoms with Gasteiger partial charge in [-0.25, -0.2) is 0 Å². The molecule has 1 amide bonds. The Kier molecular flexibility index (Phi) is 4.98. The molecule has 2 aromatic rings. The molecule has 5 nitrogen and oxygen atoms in total. The smallest absolute Gasteiger partial charge is 0.248 e. The maximum Gasteiger partial charge on any atom is 0.248 e. The van der Waals surface area contributed by atoms with Crippen molar-refractivity contribution in [2.45, 2.75) is 25.7 Å². The van der Waals surface area contributed by atoms with E-state index in [4.69, 9.17) is 0 Å². The van der Waals surface area contributed by atoms with Gasteiger partial charge in [-0.05, 0) is 60.6 Å². The maximum absolute atomic E-state index is 12.3. The topological polar surface area (TPSA) is 80.2 Å². The van der Waals surface area contributed by atoms with Crippen molar-refractivity contribution in [1.29, 1.82) is 10.5 Å². The van der Waals surface area contributed by atoms with E-state index in [0.29, 0.717) is 18.4 Å². The molecular weight excluding hydrogens is 372 g/mol. The van der Waals surface area contributed by atoms with E-state index in [9.17, 15) is 15.3 Å². The molecule has 2 aliphatic carbocycles. The van der Waals surface area contributed by atoms with Crippen LogP contribution in [-0.4, -0.2) is 30.6 Å². The van der Waals surface area contributed by atoms with Crippen LogP contribution in [-0.2, 0) is 11.2 Å². The molecule has 5 heteroatoms. The molecule has 1 spiro atoms. The molecular formula is C25H22N4O. The minimum Gasteiger partial charge on any atom is -0.345 e. The van der Waals surface area contributed by atoms with Gasteiger partial charge in [-0.15, -0.1) is 0 Å². The highest BCUT2D eigenvalue weighted by Crippen LogP contribution is 2.48. The van der Waals surface area contributed by atoms with Crippen LogP contribution in [0.3, 0.4) is 0 Å². The normalized spacial score (nSPS) is 20.9. The van der Waals surface area contributed by atoms with Crippen LogP contribution in [0.2, 0.25) is 0 Å². The van der Waals surface area contributed by atoms with E-state index in [1.807, 2.05) is 30.5 Å². The molecule has 0 radical (unpaired) electrons. The van der Waals surface area contributed by atoms with Gasteiger partial charge in [0.1, 0.15) is 0 Å². The van der Waals surface area contributed by atoms with Crippen LogP contribution in [0.15, 0.2) is 59.1 Å². The number of likely N-dealkylation sites (N-methyl/N-ethyl adjacent to an activating group) is 1. The number of benzene rings is 2. The van der Waals surface area contributed by atoms with Crippen LogP contribution in [0.25, 0.3) is 11.1 Å². The molecule has 0 aliphatic heterocycles. The highest BCUT2D eigenvalue weighted by molar-refractivity contribution is 6.10. The molecule has 4 rings (SSSR count). The highest BCUT2D eigenvalue weighted by atomic mass is 16.2. The van der Waals surface area contributed by atoms with E-state index in [0.717, 1.165) is 40.8 Å². The van der Waals surface area contributed by atoms with Gasteiger partial charge in [-0.1, -0.05) is 30.3 Å². The molecule has 0 heterocycles. The number of hydrogen-bond acceptors (Lipinski definition) is 4. The highest BCUT2D eigenvalue weighted by Gasteiger charge is 2.44. The Hall–Kier alpha value is -3.70. The molecule has 0 saturated carbocycles. The predicted octanol–water partition coefficient (Wildman–Crippen LogP) is 4.24. The Morgan fingerprint density at radius 2 is 1.93 bits per heavy atom. The van der Waals surface area contributed by atoms with Crippen molar-refractivity contribution in [3.63, 3.8) is 0 Å². The Bertz CT molecular complexity index is 1180. The molecule has 1 atom stereocenters. The lowest BCUT2D eigenvalue weighted by molar-refractivity contribution is -0.125. The van der Waals surface area contributed by atoms with E-state index < -0.39 is 0 Å². The summed E-state index contributed by atoms with van der Waals surface area (Å²) < 4.78 is 0. The third-order valence-corrected chi connectivity index (χ3v) is 6.18. The molecule has 148 valence electrons. The van der Waals surface area contributed by atoms with Crippen LogP contribution in [0, 0.1) is 28.2 Å². The summed E-state index contributed by atoms with van der Waals surface area (Å²) >= 11 is 0. The summed E-state index contributed by atoms with van der Waals surface area (Å²) in [4.78, 5) is 18.2. The number of allylic oxidation sites excluding steroid dienone is 1. The van der Waals surface area contributed by atoms with Gasteiger partial charge in [0.05, 0.1) is 17.3 Å². The fraction of sp³-hybridized carbons (Fsp3) is 0.280. The molecule has 2 aromatic carbocycles. The Balaban J connectivity index is 1.72. The first-order valence-corrected chi connectivity index (χ1v) is 9.99. The fourth-order valence-corrected chi connectivity index (χ4v) is 4.62. The summed E-state index contributed by atoms with van der Waals surface area (Å²) in [6.45, 7) is 0. The van der Waals surface area contributed by atoms with Crippen molar-refractivity contribution in [3.8, 4) is 23.4 Å². The summed E-state index contributed by atoms with van der Waals surface area (Å²) in [6, 6.07) is 16.0. The van der Waals surface area contributed by atoms with E-state index in [-0.39, 0.29) is 11.3 Å². The molecule has 0 N–H and O–H groups in total. The second-order valence-corrected chi connectivity index (χ2v) is 8.22. The van der Waals surface area contributed by atoms with Crippen LogP contribution < -0.4 is 0 Å². The first-order valence-electron chi connectivity index (χ1n) is 9.99. The zero-order valence-electron chi connectivity index (χ0n) is 17.1. The Labute approximate surface area is 176 Å². The lowest BCUT2D eigenvalue weighted by atomic mass is 9.71. The van der Waals surface area contributed by atoms with Gasteiger partial charge in [-0.2, -0.15) is 15.5 Å². The van der Waals surface area contributed by atoms with Crippen molar-refractivity contribution >= 4 is 11.6 Å². The molecule has 30 heavy (non-hydrogen) atoms. The van der Waals surface area contributed by atoms with Crippen LogP contribution in [0.4, 0.5) is 0 Å². The van der Waals surface area contributed by atoms with E-state index >= 15 is 0 Å². The molecule has 0 aromatic heterocycles. The Morgan fingerprint density at radius 1 is 1.13 bits per heavy atom. The number of nitriles is 2. The van der Waals surface area contributed by atoms with Gasteiger partial charge in [0.15, 0.2) is 0 Å². The van der Waals surface area contributed by atoms with E-state index in [2.05, 4.69) is 29.3 Å². The second kappa shape index (κ2) is 7.61. The van der Waals surface area contributed by atoms with Crippen molar-refractivity contribution in [2.24, 2.45) is 10.4 Å². The van der Waals surface area contributed by atoms with E-state index in [1.165, 1.54) is 5.56 Å². The number of hydrogen-bond donors (Lipinski definition) is 0. The second-order valence-electron chi connectivity index (χ2n) is 8.22. The quantitative estimate of drug-likeness (QED) is 0.715. The van der Waals surface area contributed by atoms with Crippen LogP contribution in [0.1, 0.15) is 36.0 Å². The molecule has 0 bridgehead atoms. The fourth-order valence-electron chi connectivity index (χ4n) is 4.62. The number of rotatable bonds is 2. The number of nitrogens with zero attached hydrogens (tertiary/aromatic N) is 4. The summed E-state index contributed by atoms with van der Waals surface area (Å²) in [5, 5.41) is 18.6. The molecule has 2 aliphatic rings. The molecule has 1 unspecified atom stereocenters. The van der Waals surface area contributed by atoms with Gasteiger partial charge in [0.25, 0.3) is 0 Å². The average Bonchev–Trinajstić information content (AvgIpc) is 3.06. The largest absolute Gasteiger partial charge is 0.345 e. The monoisotopic (exact) mass is 394 g/mol. The SMILES string of the molecule is CN(C)C(=O)C1=CCC2(CC1)Cc1ccc(-c3cccc(C#N)c3)cc1C2=NC#N. The third kappa shape index (κ3) is 3.29. The maximum atomic E-state index is 12.3. The van der Waals surface area contributed by atoms with Crippen molar-refractivity contribution in [1.82, 2.24) is 4.90 Å². The van der Waals surface area contributed by atoms with Gasteiger partial charge in [-0.3, -0.25) is 4.79 Å². The number of amides is 1. The lowest BCUT2D eigenvalue weighted by Crippen LogP contribution is -2.33. The minimum absolute atomic E-state index is 0.0544. The lowest BCUT2D eigenvalue weighted by Gasteiger charge is -2.33. The van der Waals surface area contributed by atoms with Gasteiger partial charge in [0, 0.05) is 30.6 Å². The predicted molar refractivity (Wildman–Crippen MR) is 116 cm³/mol. The average molecular weight is 394 g/mol. The first-order chi connectivity index (χ1) is 14.5. The van der Waals surface area contributed by atoms with Gasteiger partial charge < -0.3 is 4.90 Å². The number of carbonyl (C=O) groups excluding carboxylic acids is 1. The standard InChI is InChI=1S/C25H22N4O/c1-29(2)24(30)18-8-10-25(11-9-18)14-21-7-6-20(13-22(21)23(25)28-16-27)19-5-3-4-17(12-19)15-26/h3-8,12-13H,9-11,14H2,1-2H3. The van der Waals surface area contributed by atoms with Crippen LogP contribution in [0.5, 0.6) is 0 Å². The number of carbonyl (C=O) groups is 1. The Morgan fingerprint density at radius 3 is 2.60 bits per heavy atom. The number of aliphatic imine (C=N–C) groups is 1. The molecule has 0 fully saturated rings. The van der Waals surface area contributed by atoms with Crippen LogP contribution >= 0.6 is 0 Å². The summed E-state index contributed by atoms with van der Waals surface area (Å²) in [5.41, 5.74) is 6.21. The zero-order chi connectivity index (χ0) is 21.3. The summed E-state index contributed by atoms with van der Waals surface area (Å²) in [6.07, 6.45) is 7.04. The first kappa shape index (κ1) is 19.6. The van der Waals surface area contributed by atoms with E-state index in [1.54, 1.807) is 25.1 Å². The van der Waals surface area contributed by atoms with Crippen molar-refractivity contribution < 1.29 is 4.79 Å². The number of fused-ring (bicyclic) bond motifs is 1.